The molecule has 10 nitrogen and oxygen atoms in total. The largest absolute Gasteiger partial charge is 0.394 e. The first-order chi connectivity index (χ1) is 25.0. The minimum Gasteiger partial charge on any atom is -0.394 e. The van der Waals surface area contributed by atoms with Gasteiger partial charge in [-0.05, 0) is 29.2 Å². The predicted molar refractivity (Wildman–Crippen MR) is 188 cm³/mol. The maximum absolute atomic E-state index is 11.4. The van der Waals surface area contributed by atoms with E-state index in [-0.39, 0.29) is 13.2 Å². The minimum absolute atomic E-state index is 0.186. The third kappa shape index (κ3) is 9.88. The van der Waals surface area contributed by atoms with Crippen LogP contribution in [0.4, 0.5) is 0 Å². The summed E-state index contributed by atoms with van der Waals surface area (Å²) in [4.78, 5) is 0. The van der Waals surface area contributed by atoms with E-state index in [1.165, 1.54) is 7.11 Å². The van der Waals surface area contributed by atoms with Crippen LogP contribution >= 0.6 is 0 Å². The van der Waals surface area contributed by atoms with Crippen LogP contribution in [-0.2, 0) is 64.3 Å². The molecule has 4 aromatic rings. The molecule has 2 aliphatic heterocycles. The zero-order chi connectivity index (χ0) is 35.4. The van der Waals surface area contributed by atoms with Gasteiger partial charge in [0.2, 0.25) is 0 Å². The summed E-state index contributed by atoms with van der Waals surface area (Å²) in [5.74, 6) is 0. The average molecular weight is 701 g/mol. The molecule has 0 aromatic heterocycles. The standard InChI is InChI=1S/C41H48O10/c1-28-35(45-24-29-15-7-3-8-16-29)37(47-26-31-19-11-5-12-20-31)38(48-27-32-21-13-6-14-22-32)41(49-28)51-39-36(46-25-30-17-9-4-10-18-30)34(43)33(23-42)50-40(39)44-2/h3-22,28,33-43H,23-27H2,1-2H3/t28-,33-,34+,35-,36+,37-,38+,39-,40-,41+/m0/s1. The lowest BCUT2D eigenvalue weighted by molar-refractivity contribution is -0.375. The molecule has 0 saturated carbocycles. The van der Waals surface area contributed by atoms with Crippen LogP contribution in [0.15, 0.2) is 121 Å². The molecule has 2 aliphatic rings. The fourth-order valence-electron chi connectivity index (χ4n) is 6.47. The Morgan fingerprint density at radius 3 is 1.35 bits per heavy atom. The molecule has 10 atom stereocenters. The average Bonchev–Trinajstić information content (AvgIpc) is 3.18. The zero-order valence-corrected chi connectivity index (χ0v) is 29.0. The van der Waals surface area contributed by atoms with Crippen molar-refractivity contribution in [2.24, 2.45) is 0 Å². The van der Waals surface area contributed by atoms with E-state index in [1.807, 2.05) is 128 Å². The molecule has 2 heterocycles. The van der Waals surface area contributed by atoms with Crippen molar-refractivity contribution in [2.45, 2.75) is 94.8 Å². The lowest BCUT2D eigenvalue weighted by Crippen LogP contribution is -2.65. The Labute approximate surface area is 299 Å². The molecule has 0 unspecified atom stereocenters. The highest BCUT2D eigenvalue weighted by Crippen LogP contribution is 2.35. The summed E-state index contributed by atoms with van der Waals surface area (Å²) >= 11 is 0. The lowest BCUT2D eigenvalue weighted by Gasteiger charge is -2.49. The van der Waals surface area contributed by atoms with Crippen LogP contribution in [0.1, 0.15) is 29.2 Å². The van der Waals surface area contributed by atoms with Crippen LogP contribution in [0, 0.1) is 0 Å². The van der Waals surface area contributed by atoms with Crippen molar-refractivity contribution < 1.29 is 48.1 Å². The number of rotatable bonds is 16. The molecule has 10 heteroatoms. The second-order valence-electron chi connectivity index (χ2n) is 12.8. The molecule has 0 amide bonds. The van der Waals surface area contributed by atoms with Gasteiger partial charge in [0.1, 0.15) is 42.7 Å². The van der Waals surface area contributed by atoms with E-state index in [0.29, 0.717) is 13.2 Å². The van der Waals surface area contributed by atoms with Gasteiger partial charge in [0.15, 0.2) is 12.6 Å². The number of aliphatic hydroxyl groups is 2. The highest BCUT2D eigenvalue weighted by atomic mass is 16.8. The van der Waals surface area contributed by atoms with Crippen LogP contribution in [0.5, 0.6) is 0 Å². The topological polar surface area (TPSA) is 114 Å². The fourth-order valence-corrected chi connectivity index (χ4v) is 6.47. The second-order valence-corrected chi connectivity index (χ2v) is 12.8. The molecule has 51 heavy (non-hydrogen) atoms. The van der Waals surface area contributed by atoms with Crippen LogP contribution in [0.2, 0.25) is 0 Å². The zero-order valence-electron chi connectivity index (χ0n) is 29.0. The van der Waals surface area contributed by atoms with Crippen molar-refractivity contribution in [1.82, 2.24) is 0 Å². The van der Waals surface area contributed by atoms with Crippen molar-refractivity contribution in [3.8, 4) is 0 Å². The van der Waals surface area contributed by atoms with Crippen LogP contribution < -0.4 is 0 Å². The van der Waals surface area contributed by atoms with Crippen molar-refractivity contribution >= 4 is 0 Å². The van der Waals surface area contributed by atoms with E-state index in [0.717, 1.165) is 22.3 Å². The third-order valence-electron chi connectivity index (χ3n) is 9.19. The molecule has 6 rings (SSSR count). The van der Waals surface area contributed by atoms with E-state index < -0.39 is 68.0 Å². The second kappa shape index (κ2) is 18.8. The van der Waals surface area contributed by atoms with E-state index in [1.54, 1.807) is 0 Å². The van der Waals surface area contributed by atoms with Crippen molar-refractivity contribution in [1.29, 1.82) is 0 Å². The number of hydrogen-bond acceptors (Lipinski definition) is 10. The number of aliphatic hydroxyl groups excluding tert-OH is 2. The summed E-state index contributed by atoms with van der Waals surface area (Å²) in [6, 6.07) is 39.3. The van der Waals surface area contributed by atoms with Crippen LogP contribution in [0.25, 0.3) is 0 Å². The Hall–Kier alpha value is -3.52. The van der Waals surface area contributed by atoms with Gasteiger partial charge in [0, 0.05) is 7.11 Å². The van der Waals surface area contributed by atoms with Gasteiger partial charge in [-0.1, -0.05) is 121 Å². The van der Waals surface area contributed by atoms with Crippen molar-refractivity contribution in [2.75, 3.05) is 13.7 Å². The monoisotopic (exact) mass is 700 g/mol. The number of hydrogen-bond donors (Lipinski definition) is 2. The first-order valence-corrected chi connectivity index (χ1v) is 17.4. The van der Waals surface area contributed by atoms with Crippen molar-refractivity contribution in [3.63, 3.8) is 0 Å². The molecular weight excluding hydrogens is 652 g/mol. The van der Waals surface area contributed by atoms with Gasteiger partial charge in [-0.2, -0.15) is 0 Å². The Morgan fingerprint density at radius 1 is 0.510 bits per heavy atom. The highest BCUT2D eigenvalue weighted by Gasteiger charge is 2.53. The first kappa shape index (κ1) is 37.2. The minimum atomic E-state index is -1.23. The van der Waals surface area contributed by atoms with Crippen molar-refractivity contribution in [3.05, 3.63) is 144 Å². The molecule has 0 bridgehead atoms. The van der Waals surface area contributed by atoms with Crippen LogP contribution in [-0.4, -0.2) is 85.3 Å². The van der Waals surface area contributed by atoms with E-state index in [9.17, 15) is 10.2 Å². The maximum atomic E-state index is 11.4. The molecular formula is C41H48O10. The summed E-state index contributed by atoms with van der Waals surface area (Å²) < 4.78 is 51.4. The normalized spacial score (nSPS) is 29.5. The number of ether oxygens (including phenoxy) is 8. The van der Waals surface area contributed by atoms with E-state index in [4.69, 9.17) is 37.9 Å². The fraction of sp³-hybridized carbons (Fsp3) is 0.415. The van der Waals surface area contributed by atoms with E-state index in [2.05, 4.69) is 0 Å². The van der Waals surface area contributed by atoms with E-state index >= 15 is 0 Å². The van der Waals surface area contributed by atoms with Gasteiger partial charge in [0.05, 0.1) is 39.1 Å². The molecule has 2 saturated heterocycles. The Kier molecular flexibility index (Phi) is 13.7. The molecule has 0 spiro atoms. The smallest absolute Gasteiger partial charge is 0.187 e. The molecule has 0 radical (unpaired) electrons. The number of benzene rings is 4. The summed E-state index contributed by atoms with van der Waals surface area (Å²) in [5.41, 5.74) is 3.87. The van der Waals surface area contributed by atoms with Gasteiger partial charge in [-0.3, -0.25) is 0 Å². The summed E-state index contributed by atoms with van der Waals surface area (Å²) in [6.45, 7) is 2.56. The van der Waals surface area contributed by atoms with Gasteiger partial charge in [0.25, 0.3) is 0 Å². The van der Waals surface area contributed by atoms with Gasteiger partial charge in [-0.15, -0.1) is 0 Å². The predicted octanol–water partition coefficient (Wildman–Crippen LogP) is 5.18. The Morgan fingerprint density at radius 2 is 0.922 bits per heavy atom. The SMILES string of the molecule is CO[C@H]1O[C@@H](CO)[C@@H](O)[C@@H](OCc2ccccc2)[C@@H]1O[C@H]1O[C@@H](C)[C@H](OCc2ccccc2)[C@H](OCc2ccccc2)[C@H]1OCc1ccccc1. The van der Waals surface area contributed by atoms with Gasteiger partial charge >= 0.3 is 0 Å². The highest BCUT2D eigenvalue weighted by molar-refractivity contribution is 5.16. The summed E-state index contributed by atoms with van der Waals surface area (Å²) in [5, 5.41) is 21.5. The number of methoxy groups -OCH3 is 1. The lowest BCUT2D eigenvalue weighted by atomic mass is 9.96. The molecule has 2 N–H and O–H groups in total. The maximum Gasteiger partial charge on any atom is 0.187 e. The third-order valence-corrected chi connectivity index (χ3v) is 9.19. The first-order valence-electron chi connectivity index (χ1n) is 17.4. The summed E-state index contributed by atoms with van der Waals surface area (Å²) in [6.07, 6.45) is -8.62. The van der Waals surface area contributed by atoms with Gasteiger partial charge < -0.3 is 48.1 Å². The Balaban J connectivity index is 1.31. The van der Waals surface area contributed by atoms with Gasteiger partial charge in [-0.25, -0.2) is 0 Å². The molecule has 272 valence electrons. The van der Waals surface area contributed by atoms with Crippen LogP contribution in [0.3, 0.4) is 0 Å². The molecule has 2 fully saturated rings. The quantitative estimate of drug-likeness (QED) is 0.162. The summed E-state index contributed by atoms with van der Waals surface area (Å²) in [7, 11) is 1.48. The molecule has 4 aromatic carbocycles. The molecule has 0 aliphatic carbocycles. The Bertz CT molecular complexity index is 1550.